The number of rotatable bonds is 2. The average Bonchev–Trinajstić information content (AvgIpc) is 2.13. The van der Waals surface area contributed by atoms with Crippen molar-refractivity contribution < 1.29 is 23.1 Å². The first-order valence-electron chi connectivity index (χ1n) is 4.64. The molecule has 1 rings (SSSR count). The van der Waals surface area contributed by atoms with Crippen molar-refractivity contribution in [3.05, 3.63) is 22.9 Å². The van der Waals surface area contributed by atoms with Crippen LogP contribution < -0.4 is 4.90 Å². The monoisotopic (exact) mass is 248 g/mol. The molecule has 0 aliphatic carbocycles. The molecule has 1 N–H and O–H groups in total. The number of carbonyl (C=O) groups is 1. The molecular formula is C10H11F3N2O2. The molecule has 0 aliphatic rings. The number of hydrogen-bond donors (Lipinski definition) is 1. The van der Waals surface area contributed by atoms with Crippen LogP contribution in [0.15, 0.2) is 6.07 Å². The summed E-state index contributed by atoms with van der Waals surface area (Å²) in [6.45, 7) is 1.31. The maximum Gasteiger partial charge on any atom is 0.433 e. The lowest BCUT2D eigenvalue weighted by Crippen LogP contribution is -2.20. The van der Waals surface area contributed by atoms with Gasteiger partial charge in [-0.05, 0) is 18.6 Å². The standard InChI is InChI=1S/C10H11F3N2O2/c1-5-4-6(10(11,12)13)14-8(15(2)3)7(5)9(16)17/h4H,1-3H3,(H,16,17). The van der Waals surface area contributed by atoms with Crippen molar-refractivity contribution in [1.82, 2.24) is 4.98 Å². The minimum atomic E-state index is -4.59. The summed E-state index contributed by atoms with van der Waals surface area (Å²) in [6, 6.07) is 0.733. The van der Waals surface area contributed by atoms with Gasteiger partial charge in [0.25, 0.3) is 0 Å². The van der Waals surface area contributed by atoms with Gasteiger partial charge in [-0.1, -0.05) is 0 Å². The van der Waals surface area contributed by atoms with E-state index in [-0.39, 0.29) is 16.9 Å². The molecule has 4 nitrogen and oxygen atoms in total. The van der Waals surface area contributed by atoms with Gasteiger partial charge in [-0.3, -0.25) is 0 Å². The molecule has 0 saturated heterocycles. The van der Waals surface area contributed by atoms with Crippen LogP contribution in [0, 0.1) is 6.92 Å². The highest BCUT2D eigenvalue weighted by atomic mass is 19.4. The fraction of sp³-hybridized carbons (Fsp3) is 0.400. The van der Waals surface area contributed by atoms with Crippen LogP contribution in [0.5, 0.6) is 0 Å². The van der Waals surface area contributed by atoms with Crippen molar-refractivity contribution >= 4 is 11.8 Å². The normalized spacial score (nSPS) is 11.4. The predicted molar refractivity (Wildman–Crippen MR) is 55.3 cm³/mol. The minimum absolute atomic E-state index is 0.0310. The third kappa shape index (κ3) is 2.66. The van der Waals surface area contributed by atoms with Gasteiger partial charge in [0.2, 0.25) is 0 Å². The highest BCUT2D eigenvalue weighted by Crippen LogP contribution is 2.31. The van der Waals surface area contributed by atoms with E-state index >= 15 is 0 Å². The molecule has 0 aliphatic heterocycles. The van der Waals surface area contributed by atoms with E-state index in [0.29, 0.717) is 0 Å². The van der Waals surface area contributed by atoms with Gasteiger partial charge < -0.3 is 10.0 Å². The molecule has 0 bridgehead atoms. The number of aromatic carboxylic acids is 1. The molecule has 0 amide bonds. The Labute approximate surface area is 95.7 Å². The summed E-state index contributed by atoms with van der Waals surface area (Å²) in [6.07, 6.45) is -4.59. The van der Waals surface area contributed by atoms with Gasteiger partial charge in [0.05, 0.1) is 0 Å². The maximum absolute atomic E-state index is 12.5. The van der Waals surface area contributed by atoms with E-state index in [4.69, 9.17) is 5.11 Å². The predicted octanol–water partition coefficient (Wildman–Crippen LogP) is 2.17. The number of anilines is 1. The first-order valence-corrected chi connectivity index (χ1v) is 4.64. The number of aryl methyl sites for hydroxylation is 1. The van der Waals surface area contributed by atoms with Crippen molar-refractivity contribution in [2.75, 3.05) is 19.0 Å². The Bertz CT molecular complexity index is 456. The fourth-order valence-corrected chi connectivity index (χ4v) is 1.39. The van der Waals surface area contributed by atoms with Crippen LogP contribution >= 0.6 is 0 Å². The molecule has 0 fully saturated rings. The van der Waals surface area contributed by atoms with Crippen LogP contribution in [0.25, 0.3) is 0 Å². The zero-order valence-corrected chi connectivity index (χ0v) is 9.46. The second-order valence-electron chi connectivity index (χ2n) is 3.72. The summed E-state index contributed by atoms with van der Waals surface area (Å²) in [5.41, 5.74) is -1.28. The summed E-state index contributed by atoms with van der Waals surface area (Å²) >= 11 is 0. The van der Waals surface area contributed by atoms with Crippen LogP contribution in [-0.2, 0) is 6.18 Å². The van der Waals surface area contributed by atoms with Crippen LogP contribution in [0.1, 0.15) is 21.6 Å². The van der Waals surface area contributed by atoms with E-state index in [9.17, 15) is 18.0 Å². The number of carboxylic acid groups (broad SMARTS) is 1. The van der Waals surface area contributed by atoms with Gasteiger partial charge in [0.1, 0.15) is 17.1 Å². The van der Waals surface area contributed by atoms with Gasteiger partial charge in [0, 0.05) is 14.1 Å². The Kier molecular flexibility index (Phi) is 3.30. The number of aromatic nitrogens is 1. The van der Waals surface area contributed by atoms with Crippen LogP contribution in [-0.4, -0.2) is 30.2 Å². The van der Waals surface area contributed by atoms with Crippen molar-refractivity contribution in [1.29, 1.82) is 0 Å². The second-order valence-corrected chi connectivity index (χ2v) is 3.72. The van der Waals surface area contributed by atoms with Crippen molar-refractivity contribution in [2.24, 2.45) is 0 Å². The lowest BCUT2D eigenvalue weighted by molar-refractivity contribution is -0.141. The quantitative estimate of drug-likeness (QED) is 0.871. The van der Waals surface area contributed by atoms with E-state index in [2.05, 4.69) is 4.98 Å². The molecule has 0 aromatic carbocycles. The number of alkyl halides is 3. The van der Waals surface area contributed by atoms with Crippen LogP contribution in [0.2, 0.25) is 0 Å². The van der Waals surface area contributed by atoms with Crippen LogP contribution in [0.3, 0.4) is 0 Å². The number of nitrogens with zero attached hydrogens (tertiary/aromatic N) is 2. The van der Waals surface area contributed by atoms with Crippen molar-refractivity contribution in [2.45, 2.75) is 13.1 Å². The molecule has 1 aromatic heterocycles. The molecule has 1 aromatic rings. The summed E-state index contributed by atoms with van der Waals surface area (Å²) in [4.78, 5) is 15.5. The van der Waals surface area contributed by atoms with Gasteiger partial charge in [0.15, 0.2) is 0 Å². The first kappa shape index (κ1) is 13.3. The molecule has 0 atom stereocenters. The summed E-state index contributed by atoms with van der Waals surface area (Å²) < 4.78 is 37.5. The Morgan fingerprint density at radius 2 is 1.94 bits per heavy atom. The number of pyridine rings is 1. The second kappa shape index (κ2) is 4.23. The van der Waals surface area contributed by atoms with E-state index in [1.807, 2.05) is 0 Å². The summed E-state index contributed by atoms with van der Waals surface area (Å²) in [5.74, 6) is -1.50. The van der Waals surface area contributed by atoms with Crippen molar-refractivity contribution in [3.8, 4) is 0 Å². The molecule has 17 heavy (non-hydrogen) atoms. The summed E-state index contributed by atoms with van der Waals surface area (Å²) in [7, 11) is 2.88. The first-order chi connectivity index (χ1) is 7.64. The smallest absolute Gasteiger partial charge is 0.433 e. The van der Waals surface area contributed by atoms with Crippen LogP contribution in [0.4, 0.5) is 19.0 Å². The Hall–Kier alpha value is -1.79. The van der Waals surface area contributed by atoms with Gasteiger partial charge in [-0.15, -0.1) is 0 Å². The lowest BCUT2D eigenvalue weighted by atomic mass is 10.1. The number of carboxylic acids is 1. The van der Waals surface area contributed by atoms with E-state index in [0.717, 1.165) is 6.07 Å². The molecule has 1 heterocycles. The third-order valence-corrected chi connectivity index (χ3v) is 2.13. The van der Waals surface area contributed by atoms with E-state index < -0.39 is 17.8 Å². The molecule has 0 unspecified atom stereocenters. The zero-order chi connectivity index (χ0) is 13.4. The average molecular weight is 248 g/mol. The van der Waals surface area contributed by atoms with Gasteiger partial charge in [-0.25, -0.2) is 9.78 Å². The molecule has 0 spiro atoms. The maximum atomic E-state index is 12.5. The lowest BCUT2D eigenvalue weighted by Gasteiger charge is -2.18. The molecule has 0 saturated carbocycles. The zero-order valence-electron chi connectivity index (χ0n) is 9.46. The fourth-order valence-electron chi connectivity index (χ4n) is 1.39. The number of halogens is 3. The topological polar surface area (TPSA) is 53.4 Å². The van der Waals surface area contributed by atoms with E-state index in [1.54, 1.807) is 0 Å². The van der Waals surface area contributed by atoms with Crippen molar-refractivity contribution in [3.63, 3.8) is 0 Å². The summed E-state index contributed by atoms with van der Waals surface area (Å²) in [5, 5.41) is 8.94. The SMILES string of the molecule is Cc1cc(C(F)(F)F)nc(N(C)C)c1C(=O)O. The molecule has 0 radical (unpaired) electrons. The Morgan fingerprint density at radius 3 is 2.29 bits per heavy atom. The molecular weight excluding hydrogens is 237 g/mol. The highest BCUT2D eigenvalue weighted by Gasteiger charge is 2.34. The molecule has 7 heteroatoms. The largest absolute Gasteiger partial charge is 0.478 e. The van der Waals surface area contributed by atoms with E-state index in [1.165, 1.54) is 25.9 Å². The Balaban J connectivity index is 3.52. The molecule has 94 valence electrons. The third-order valence-electron chi connectivity index (χ3n) is 2.13. The van der Waals surface area contributed by atoms with Gasteiger partial charge in [-0.2, -0.15) is 13.2 Å². The van der Waals surface area contributed by atoms with Gasteiger partial charge >= 0.3 is 12.1 Å². The minimum Gasteiger partial charge on any atom is -0.478 e. The Morgan fingerprint density at radius 1 is 1.41 bits per heavy atom. The highest BCUT2D eigenvalue weighted by molar-refractivity contribution is 5.95. The number of hydrogen-bond acceptors (Lipinski definition) is 3.